The molecule has 0 aliphatic carbocycles. The van der Waals surface area contributed by atoms with Crippen LogP contribution in [0, 0.1) is 6.92 Å². The van der Waals surface area contributed by atoms with Gasteiger partial charge in [0.15, 0.2) is 0 Å². The number of hydrogen-bond acceptors (Lipinski definition) is 2. The van der Waals surface area contributed by atoms with Crippen LogP contribution in [0.5, 0.6) is 0 Å². The monoisotopic (exact) mass is 237 g/mol. The first-order chi connectivity index (χ1) is 7.58. The summed E-state index contributed by atoms with van der Waals surface area (Å²) in [6, 6.07) is 5.50. The maximum Gasteiger partial charge on any atom is 0.234 e. The number of benzene rings is 1. The number of piperidine rings is 1. The number of halogens is 1. The van der Waals surface area contributed by atoms with Crippen molar-refractivity contribution in [3.05, 3.63) is 28.8 Å². The van der Waals surface area contributed by atoms with E-state index in [1.165, 1.54) is 0 Å². The van der Waals surface area contributed by atoms with Gasteiger partial charge in [0.25, 0.3) is 0 Å². The molecule has 0 saturated carbocycles. The number of Topliss-reactive ketones (excluding diaryl/α,β-unsaturated/α-hetero) is 1. The molecule has 0 aromatic heterocycles. The molecule has 0 unspecified atom stereocenters. The van der Waals surface area contributed by atoms with Crippen molar-refractivity contribution in [3.63, 3.8) is 0 Å². The molecule has 1 aliphatic rings. The molecule has 1 aliphatic heterocycles. The summed E-state index contributed by atoms with van der Waals surface area (Å²) in [5.74, 6) is -0.129. The highest BCUT2D eigenvalue weighted by molar-refractivity contribution is 6.31. The third-order valence-corrected chi connectivity index (χ3v) is 3.14. The summed E-state index contributed by atoms with van der Waals surface area (Å²) in [7, 11) is 0. The van der Waals surface area contributed by atoms with Gasteiger partial charge in [-0.05, 0) is 24.6 Å². The summed E-state index contributed by atoms with van der Waals surface area (Å²) in [4.78, 5) is 24.4. The van der Waals surface area contributed by atoms with E-state index < -0.39 is 0 Å². The Hall–Kier alpha value is -1.35. The summed E-state index contributed by atoms with van der Waals surface area (Å²) in [6.45, 7) is 2.37. The highest BCUT2D eigenvalue weighted by atomic mass is 35.5. The van der Waals surface area contributed by atoms with Crippen molar-refractivity contribution < 1.29 is 9.59 Å². The molecule has 1 fully saturated rings. The molecule has 3 nitrogen and oxygen atoms in total. The van der Waals surface area contributed by atoms with Gasteiger partial charge in [-0.15, -0.1) is 0 Å². The molecule has 0 bridgehead atoms. The smallest absolute Gasteiger partial charge is 0.234 e. The molecule has 16 heavy (non-hydrogen) atoms. The van der Waals surface area contributed by atoms with E-state index in [2.05, 4.69) is 0 Å². The van der Waals surface area contributed by atoms with Crippen LogP contribution in [0.4, 0.5) is 5.69 Å². The highest BCUT2D eigenvalue weighted by Gasteiger charge is 2.24. The van der Waals surface area contributed by atoms with Crippen LogP contribution in [-0.4, -0.2) is 18.2 Å². The van der Waals surface area contributed by atoms with Gasteiger partial charge in [0.1, 0.15) is 5.78 Å². The molecule has 84 valence electrons. The number of carbonyl (C=O) groups excluding carboxylic acids is 2. The number of anilines is 1. The molecule has 0 N–H and O–H groups in total. The molecule has 0 atom stereocenters. The first-order valence-electron chi connectivity index (χ1n) is 5.16. The zero-order valence-corrected chi connectivity index (χ0v) is 9.75. The average Bonchev–Trinajstić information content (AvgIpc) is 2.22. The van der Waals surface area contributed by atoms with Crippen LogP contribution >= 0.6 is 11.6 Å². The molecule has 4 heteroatoms. The SMILES string of the molecule is Cc1ccc(N2CCC(=O)CC2=O)cc1Cl. The number of hydrogen-bond donors (Lipinski definition) is 0. The zero-order chi connectivity index (χ0) is 11.7. The van der Waals surface area contributed by atoms with Gasteiger partial charge >= 0.3 is 0 Å². The van der Waals surface area contributed by atoms with E-state index in [0.717, 1.165) is 11.3 Å². The quantitative estimate of drug-likeness (QED) is 0.703. The number of rotatable bonds is 1. The van der Waals surface area contributed by atoms with Crippen molar-refractivity contribution in [2.24, 2.45) is 0 Å². The van der Waals surface area contributed by atoms with Crippen LogP contribution < -0.4 is 4.90 Å². The van der Waals surface area contributed by atoms with Crippen LogP contribution in [0.25, 0.3) is 0 Å². The fraction of sp³-hybridized carbons (Fsp3) is 0.333. The molecule has 1 heterocycles. The Labute approximate surface area is 99.0 Å². The third-order valence-electron chi connectivity index (χ3n) is 2.73. The number of nitrogens with zero attached hydrogens (tertiary/aromatic N) is 1. The van der Waals surface area contributed by atoms with Crippen LogP contribution in [-0.2, 0) is 9.59 Å². The molecule has 0 radical (unpaired) electrons. The van der Waals surface area contributed by atoms with E-state index in [0.29, 0.717) is 18.0 Å². The Kier molecular flexibility index (Phi) is 2.97. The van der Waals surface area contributed by atoms with E-state index in [1.54, 1.807) is 11.0 Å². The van der Waals surface area contributed by atoms with Gasteiger partial charge in [-0.1, -0.05) is 17.7 Å². The Bertz CT molecular complexity index is 456. The van der Waals surface area contributed by atoms with E-state index in [1.807, 2.05) is 19.1 Å². The van der Waals surface area contributed by atoms with Gasteiger partial charge in [0, 0.05) is 23.7 Å². The summed E-state index contributed by atoms with van der Waals surface area (Å²) in [6.07, 6.45) is 0.433. The molecule has 1 aromatic rings. The minimum Gasteiger partial charge on any atom is -0.312 e. The molecule has 0 spiro atoms. The Balaban J connectivity index is 2.27. The first kappa shape index (κ1) is 11.1. The maximum atomic E-state index is 11.7. The Morgan fingerprint density at radius 3 is 2.69 bits per heavy atom. The van der Waals surface area contributed by atoms with E-state index in [-0.39, 0.29) is 18.1 Å². The Morgan fingerprint density at radius 1 is 1.31 bits per heavy atom. The van der Waals surface area contributed by atoms with Gasteiger partial charge in [0.2, 0.25) is 5.91 Å². The molecule has 1 amide bonds. The third kappa shape index (κ3) is 2.09. The number of amides is 1. The number of carbonyl (C=O) groups is 2. The van der Waals surface area contributed by atoms with Crippen molar-refractivity contribution in [2.45, 2.75) is 19.8 Å². The van der Waals surface area contributed by atoms with Crippen LogP contribution in [0.3, 0.4) is 0 Å². The lowest BCUT2D eigenvalue weighted by Gasteiger charge is -2.26. The standard InChI is InChI=1S/C12H12ClNO2/c1-8-2-3-9(6-11(8)13)14-5-4-10(15)7-12(14)16/h2-3,6H,4-5,7H2,1H3. The van der Waals surface area contributed by atoms with Gasteiger partial charge < -0.3 is 4.90 Å². The van der Waals surface area contributed by atoms with E-state index >= 15 is 0 Å². The lowest BCUT2D eigenvalue weighted by Crippen LogP contribution is -2.39. The van der Waals surface area contributed by atoms with Crippen LogP contribution in [0.2, 0.25) is 5.02 Å². The molecule has 1 aromatic carbocycles. The summed E-state index contributed by atoms with van der Waals surface area (Å²) in [5.41, 5.74) is 1.75. The van der Waals surface area contributed by atoms with E-state index in [4.69, 9.17) is 11.6 Å². The van der Waals surface area contributed by atoms with E-state index in [9.17, 15) is 9.59 Å². The molecule has 1 saturated heterocycles. The van der Waals surface area contributed by atoms with Crippen molar-refractivity contribution in [1.82, 2.24) is 0 Å². The molecular formula is C12H12ClNO2. The van der Waals surface area contributed by atoms with Gasteiger partial charge in [0.05, 0.1) is 6.42 Å². The van der Waals surface area contributed by atoms with Crippen LogP contribution in [0.15, 0.2) is 18.2 Å². The topological polar surface area (TPSA) is 37.4 Å². The predicted molar refractivity (Wildman–Crippen MR) is 62.8 cm³/mol. The van der Waals surface area contributed by atoms with Crippen LogP contribution in [0.1, 0.15) is 18.4 Å². The molecular weight excluding hydrogens is 226 g/mol. The van der Waals surface area contributed by atoms with Gasteiger partial charge in [-0.3, -0.25) is 9.59 Å². The normalized spacial score (nSPS) is 16.8. The minimum atomic E-state index is -0.142. The fourth-order valence-electron chi connectivity index (χ4n) is 1.74. The fourth-order valence-corrected chi connectivity index (χ4v) is 1.91. The van der Waals surface area contributed by atoms with Crippen molar-refractivity contribution >= 4 is 29.0 Å². The largest absolute Gasteiger partial charge is 0.312 e. The van der Waals surface area contributed by atoms with Crippen molar-refractivity contribution in [1.29, 1.82) is 0 Å². The second-order valence-corrected chi connectivity index (χ2v) is 4.35. The average molecular weight is 238 g/mol. The summed E-state index contributed by atoms with van der Waals surface area (Å²) < 4.78 is 0. The number of aryl methyl sites for hydroxylation is 1. The predicted octanol–water partition coefficient (Wildman–Crippen LogP) is 2.34. The highest BCUT2D eigenvalue weighted by Crippen LogP contribution is 2.25. The second-order valence-electron chi connectivity index (χ2n) is 3.94. The van der Waals surface area contributed by atoms with Crippen molar-refractivity contribution in [3.8, 4) is 0 Å². The lowest BCUT2D eigenvalue weighted by molar-refractivity contribution is -0.128. The lowest BCUT2D eigenvalue weighted by atomic mass is 10.1. The minimum absolute atomic E-state index is 0.00545. The summed E-state index contributed by atoms with van der Waals surface area (Å²) in [5, 5.41) is 0.641. The van der Waals surface area contributed by atoms with Gasteiger partial charge in [-0.25, -0.2) is 0 Å². The molecule has 2 rings (SSSR count). The maximum absolute atomic E-state index is 11.7. The van der Waals surface area contributed by atoms with Gasteiger partial charge in [-0.2, -0.15) is 0 Å². The zero-order valence-electron chi connectivity index (χ0n) is 9.00. The van der Waals surface area contributed by atoms with Crippen molar-refractivity contribution in [2.75, 3.05) is 11.4 Å². The number of ketones is 1. The summed E-state index contributed by atoms with van der Waals surface area (Å²) >= 11 is 6.00. The first-order valence-corrected chi connectivity index (χ1v) is 5.54. The second kappa shape index (κ2) is 4.26. The Morgan fingerprint density at radius 2 is 2.06 bits per heavy atom.